The number of fused-ring (bicyclic) bond motifs is 1. The molecule has 1 aromatic carbocycles. The highest BCUT2D eigenvalue weighted by Crippen LogP contribution is 2.19. The fourth-order valence-electron chi connectivity index (χ4n) is 2.35. The summed E-state index contributed by atoms with van der Waals surface area (Å²) in [6.07, 6.45) is 2.18. The van der Waals surface area contributed by atoms with E-state index < -0.39 is 0 Å². The molecule has 3 heteroatoms. The van der Waals surface area contributed by atoms with Gasteiger partial charge in [-0.3, -0.25) is 0 Å². The molecule has 3 aromatic rings. The Morgan fingerprint density at radius 3 is 2.89 bits per heavy atom. The summed E-state index contributed by atoms with van der Waals surface area (Å²) in [5.74, 6) is 0. The molecule has 0 atom stereocenters. The van der Waals surface area contributed by atoms with Gasteiger partial charge >= 0.3 is 0 Å². The van der Waals surface area contributed by atoms with Crippen LogP contribution in [-0.2, 0) is 13.1 Å². The number of nitrogens with zero attached hydrogens (tertiary/aromatic N) is 1. The zero-order chi connectivity index (χ0) is 13.1. The lowest BCUT2D eigenvalue weighted by Crippen LogP contribution is -2.11. The minimum Gasteiger partial charge on any atom is -0.343 e. The fraction of sp³-hybridized carbons (Fsp3) is 0.250. The van der Waals surface area contributed by atoms with Crippen molar-refractivity contribution in [3.63, 3.8) is 0 Å². The Bertz CT molecular complexity index is 653. The molecular formula is C16H18N2S. The van der Waals surface area contributed by atoms with Crippen molar-refractivity contribution >= 4 is 22.2 Å². The van der Waals surface area contributed by atoms with E-state index >= 15 is 0 Å². The third-order valence-corrected chi connectivity index (χ3v) is 4.08. The molecule has 2 nitrogen and oxygen atoms in total. The van der Waals surface area contributed by atoms with Crippen molar-refractivity contribution in [2.45, 2.75) is 20.0 Å². The predicted molar refractivity (Wildman–Crippen MR) is 82.7 cm³/mol. The highest BCUT2D eigenvalue weighted by atomic mass is 32.1. The van der Waals surface area contributed by atoms with Gasteiger partial charge in [-0.1, -0.05) is 13.0 Å². The number of hydrogen-bond acceptors (Lipinski definition) is 2. The van der Waals surface area contributed by atoms with Crippen LogP contribution >= 0.6 is 11.3 Å². The number of hydrogen-bond donors (Lipinski definition) is 1. The molecule has 0 amide bonds. The van der Waals surface area contributed by atoms with E-state index in [1.165, 1.54) is 22.0 Å². The normalized spacial score (nSPS) is 11.2. The van der Waals surface area contributed by atoms with Crippen LogP contribution in [0.15, 0.2) is 47.3 Å². The zero-order valence-electron chi connectivity index (χ0n) is 11.1. The smallest absolute Gasteiger partial charge is 0.0484 e. The molecule has 2 aromatic heterocycles. The molecule has 0 aliphatic rings. The summed E-state index contributed by atoms with van der Waals surface area (Å²) in [7, 11) is 0. The standard InChI is InChI=1S/C16H18N2S/c1-2-17-10-13-3-4-16-15(9-13)5-7-18(16)11-14-6-8-19-12-14/h3-9,12,17H,2,10-11H2,1H3. The molecule has 1 N–H and O–H groups in total. The van der Waals surface area contributed by atoms with E-state index in [1.54, 1.807) is 11.3 Å². The van der Waals surface area contributed by atoms with E-state index in [4.69, 9.17) is 0 Å². The number of rotatable bonds is 5. The average molecular weight is 270 g/mol. The lowest BCUT2D eigenvalue weighted by atomic mass is 10.1. The van der Waals surface area contributed by atoms with Crippen molar-refractivity contribution < 1.29 is 0 Å². The molecule has 0 spiro atoms. The second-order valence-corrected chi connectivity index (χ2v) is 5.53. The minimum atomic E-state index is 0.947. The van der Waals surface area contributed by atoms with Crippen molar-refractivity contribution in [3.8, 4) is 0 Å². The minimum absolute atomic E-state index is 0.947. The molecule has 0 bridgehead atoms. The molecule has 0 aliphatic heterocycles. The van der Waals surface area contributed by atoms with Crippen molar-refractivity contribution in [1.29, 1.82) is 0 Å². The molecule has 0 unspecified atom stereocenters. The largest absolute Gasteiger partial charge is 0.343 e. The molecule has 0 radical (unpaired) electrons. The Labute approximate surface area is 117 Å². The second-order valence-electron chi connectivity index (χ2n) is 4.75. The van der Waals surface area contributed by atoms with Crippen LogP contribution in [0.25, 0.3) is 10.9 Å². The van der Waals surface area contributed by atoms with Gasteiger partial charge in [0, 0.05) is 24.8 Å². The van der Waals surface area contributed by atoms with Gasteiger partial charge in [-0.05, 0) is 58.1 Å². The molecular weight excluding hydrogens is 252 g/mol. The summed E-state index contributed by atoms with van der Waals surface area (Å²) in [4.78, 5) is 0. The summed E-state index contributed by atoms with van der Waals surface area (Å²) in [5.41, 5.74) is 4.04. The van der Waals surface area contributed by atoms with E-state index in [1.807, 2.05) is 0 Å². The first-order chi connectivity index (χ1) is 9.36. The van der Waals surface area contributed by atoms with Gasteiger partial charge in [0.1, 0.15) is 0 Å². The first kappa shape index (κ1) is 12.5. The zero-order valence-corrected chi connectivity index (χ0v) is 11.9. The van der Waals surface area contributed by atoms with Gasteiger partial charge in [-0.2, -0.15) is 11.3 Å². The van der Waals surface area contributed by atoms with E-state index in [0.717, 1.165) is 19.6 Å². The van der Waals surface area contributed by atoms with Gasteiger partial charge in [0.15, 0.2) is 0 Å². The molecule has 3 rings (SSSR count). The van der Waals surface area contributed by atoms with Crippen LogP contribution in [0.2, 0.25) is 0 Å². The van der Waals surface area contributed by atoms with Crippen LogP contribution in [-0.4, -0.2) is 11.1 Å². The summed E-state index contributed by atoms with van der Waals surface area (Å²) in [5, 5.41) is 9.04. The van der Waals surface area contributed by atoms with Gasteiger partial charge in [-0.15, -0.1) is 0 Å². The van der Waals surface area contributed by atoms with Crippen molar-refractivity contribution in [2.75, 3.05) is 6.54 Å². The maximum Gasteiger partial charge on any atom is 0.0484 e. The Kier molecular flexibility index (Phi) is 3.67. The maximum absolute atomic E-state index is 3.37. The van der Waals surface area contributed by atoms with E-state index in [0.29, 0.717) is 0 Å². The molecule has 0 saturated carbocycles. The number of thiophene rings is 1. The van der Waals surface area contributed by atoms with Crippen molar-refractivity contribution in [1.82, 2.24) is 9.88 Å². The molecule has 19 heavy (non-hydrogen) atoms. The third kappa shape index (κ3) is 2.72. The first-order valence-electron chi connectivity index (χ1n) is 6.66. The molecule has 0 aliphatic carbocycles. The van der Waals surface area contributed by atoms with Crippen LogP contribution in [0.4, 0.5) is 0 Å². The van der Waals surface area contributed by atoms with Crippen molar-refractivity contribution in [2.24, 2.45) is 0 Å². The summed E-state index contributed by atoms with van der Waals surface area (Å²) in [6, 6.07) is 11.1. The fourth-order valence-corrected chi connectivity index (χ4v) is 3.01. The summed E-state index contributed by atoms with van der Waals surface area (Å²) < 4.78 is 2.31. The number of nitrogens with one attached hydrogen (secondary N) is 1. The Morgan fingerprint density at radius 2 is 2.11 bits per heavy atom. The van der Waals surface area contributed by atoms with E-state index in [-0.39, 0.29) is 0 Å². The molecule has 0 saturated heterocycles. The lowest BCUT2D eigenvalue weighted by Gasteiger charge is -2.06. The summed E-state index contributed by atoms with van der Waals surface area (Å²) in [6.45, 7) is 5.05. The van der Waals surface area contributed by atoms with Crippen LogP contribution in [0.3, 0.4) is 0 Å². The van der Waals surface area contributed by atoms with Crippen molar-refractivity contribution in [3.05, 3.63) is 58.4 Å². The Balaban J connectivity index is 1.87. The molecule has 0 fully saturated rings. The summed E-state index contributed by atoms with van der Waals surface area (Å²) >= 11 is 1.76. The SMILES string of the molecule is CCNCc1ccc2c(ccn2Cc2ccsc2)c1. The topological polar surface area (TPSA) is 17.0 Å². The van der Waals surface area contributed by atoms with E-state index in [9.17, 15) is 0 Å². The van der Waals surface area contributed by atoms with Crippen LogP contribution in [0.1, 0.15) is 18.1 Å². The van der Waals surface area contributed by atoms with Crippen LogP contribution < -0.4 is 5.32 Å². The number of aromatic nitrogens is 1. The monoisotopic (exact) mass is 270 g/mol. The van der Waals surface area contributed by atoms with Gasteiger partial charge in [-0.25, -0.2) is 0 Å². The Hall–Kier alpha value is -1.58. The number of benzene rings is 1. The van der Waals surface area contributed by atoms with Gasteiger partial charge in [0.25, 0.3) is 0 Å². The highest BCUT2D eigenvalue weighted by Gasteiger charge is 2.03. The first-order valence-corrected chi connectivity index (χ1v) is 7.60. The van der Waals surface area contributed by atoms with E-state index in [2.05, 4.69) is 64.1 Å². The maximum atomic E-state index is 3.37. The quantitative estimate of drug-likeness (QED) is 0.745. The molecule has 98 valence electrons. The molecule has 2 heterocycles. The van der Waals surface area contributed by atoms with Gasteiger partial charge in [0.05, 0.1) is 0 Å². The van der Waals surface area contributed by atoms with Gasteiger partial charge < -0.3 is 9.88 Å². The van der Waals surface area contributed by atoms with Gasteiger partial charge in [0.2, 0.25) is 0 Å². The second kappa shape index (κ2) is 5.59. The predicted octanol–water partition coefficient (Wildman–Crippen LogP) is 3.86. The Morgan fingerprint density at radius 1 is 1.16 bits per heavy atom. The highest BCUT2D eigenvalue weighted by molar-refractivity contribution is 7.07. The van der Waals surface area contributed by atoms with Crippen LogP contribution in [0, 0.1) is 0 Å². The van der Waals surface area contributed by atoms with Crippen LogP contribution in [0.5, 0.6) is 0 Å². The average Bonchev–Trinajstić information content (AvgIpc) is 3.07. The lowest BCUT2D eigenvalue weighted by molar-refractivity contribution is 0.727. The third-order valence-electron chi connectivity index (χ3n) is 3.35.